The van der Waals surface area contributed by atoms with Gasteiger partial charge in [0, 0.05) is 6.42 Å². The number of amides is 1. The van der Waals surface area contributed by atoms with Crippen molar-refractivity contribution in [2.75, 3.05) is 7.11 Å². The van der Waals surface area contributed by atoms with E-state index in [0.29, 0.717) is 6.42 Å². The molecule has 1 amide bonds. The van der Waals surface area contributed by atoms with Crippen LogP contribution in [-0.4, -0.2) is 13.0 Å². The number of rotatable bonds is 2. The normalized spacial score (nSPS) is 16.7. The van der Waals surface area contributed by atoms with Gasteiger partial charge < -0.3 is 10.1 Å². The van der Waals surface area contributed by atoms with Gasteiger partial charge in [-0.2, -0.15) is 0 Å². The summed E-state index contributed by atoms with van der Waals surface area (Å²) in [6, 6.07) is 8.01. The maximum atomic E-state index is 11.0. The van der Waals surface area contributed by atoms with Crippen molar-refractivity contribution in [3.63, 3.8) is 0 Å². The maximum Gasteiger partial charge on any atom is 0.220 e. The summed E-state index contributed by atoms with van der Waals surface area (Å²) in [6.07, 6.45) is 1.53. The van der Waals surface area contributed by atoms with Crippen molar-refractivity contribution in [1.29, 1.82) is 0 Å². The summed E-state index contributed by atoms with van der Waals surface area (Å²) in [5, 5.41) is 2.93. The number of benzene rings is 1. The first-order valence-corrected chi connectivity index (χ1v) is 6.73. The molecule has 18 heavy (non-hydrogen) atoms. The van der Waals surface area contributed by atoms with Gasteiger partial charge >= 0.3 is 0 Å². The fourth-order valence-corrected chi connectivity index (χ4v) is 1.70. The van der Waals surface area contributed by atoms with E-state index in [-0.39, 0.29) is 11.9 Å². The Morgan fingerprint density at radius 3 is 2.06 bits per heavy atom. The second-order valence-electron chi connectivity index (χ2n) is 3.43. The molecule has 1 fully saturated rings. The molecule has 1 heterocycles. The molecule has 1 unspecified atom stereocenters. The molecule has 0 spiro atoms. The topological polar surface area (TPSA) is 38.3 Å². The summed E-state index contributed by atoms with van der Waals surface area (Å²) in [6.45, 7) is 8.00. The van der Waals surface area contributed by atoms with Gasteiger partial charge in [0.15, 0.2) is 0 Å². The lowest BCUT2D eigenvalue weighted by Crippen LogP contribution is -2.18. The number of hydrogen-bond donors (Lipinski definition) is 1. The minimum atomic E-state index is 0.144. The molecule has 1 aliphatic heterocycles. The van der Waals surface area contributed by atoms with Crippen molar-refractivity contribution in [1.82, 2.24) is 5.32 Å². The van der Waals surface area contributed by atoms with Crippen molar-refractivity contribution in [3.8, 4) is 5.75 Å². The zero-order valence-electron chi connectivity index (χ0n) is 12.1. The van der Waals surface area contributed by atoms with Crippen LogP contribution in [0.1, 0.15) is 52.1 Å². The van der Waals surface area contributed by atoms with Crippen LogP contribution in [0, 0.1) is 0 Å². The molecule has 3 nitrogen and oxygen atoms in total. The monoisotopic (exact) mass is 251 g/mol. The Kier molecular flexibility index (Phi) is 8.71. The molecule has 1 aromatic carbocycles. The Morgan fingerprint density at radius 2 is 1.67 bits per heavy atom. The lowest BCUT2D eigenvalue weighted by atomic mass is 10.1. The Balaban J connectivity index is 0.000000659. The molecule has 3 heteroatoms. The van der Waals surface area contributed by atoms with Crippen LogP contribution in [0.15, 0.2) is 24.3 Å². The average Bonchev–Trinajstić information content (AvgIpc) is 2.90. The number of ether oxygens (including phenoxy) is 1. The molecule has 1 N–H and O–H groups in total. The van der Waals surface area contributed by atoms with Gasteiger partial charge in [0.1, 0.15) is 5.75 Å². The van der Waals surface area contributed by atoms with E-state index >= 15 is 0 Å². The molecule has 0 bridgehead atoms. The molecule has 1 atom stereocenters. The molecule has 1 aliphatic rings. The first-order chi connectivity index (χ1) is 8.79. The van der Waals surface area contributed by atoms with E-state index < -0.39 is 0 Å². The number of nitrogens with one attached hydrogen (secondary N) is 1. The summed E-state index contributed by atoms with van der Waals surface area (Å²) in [4.78, 5) is 11.0. The van der Waals surface area contributed by atoms with Crippen LogP contribution >= 0.6 is 0 Å². The summed E-state index contributed by atoms with van der Waals surface area (Å²) >= 11 is 0. The molecule has 1 aromatic rings. The lowest BCUT2D eigenvalue weighted by Gasteiger charge is -2.10. The zero-order valence-corrected chi connectivity index (χ0v) is 12.1. The second-order valence-corrected chi connectivity index (χ2v) is 3.43. The van der Waals surface area contributed by atoms with Crippen LogP contribution in [-0.2, 0) is 4.79 Å². The van der Waals surface area contributed by atoms with Crippen LogP contribution in [0.4, 0.5) is 0 Å². The number of methoxy groups -OCH3 is 1. The van der Waals surface area contributed by atoms with Gasteiger partial charge in [-0.25, -0.2) is 0 Å². The Morgan fingerprint density at radius 1 is 1.11 bits per heavy atom. The maximum absolute atomic E-state index is 11.0. The molecule has 0 aromatic heterocycles. The molecule has 0 saturated carbocycles. The predicted molar refractivity (Wildman–Crippen MR) is 75.8 cm³/mol. The van der Waals surface area contributed by atoms with E-state index in [4.69, 9.17) is 4.74 Å². The number of hydrogen-bond acceptors (Lipinski definition) is 2. The van der Waals surface area contributed by atoms with Crippen molar-refractivity contribution < 1.29 is 9.53 Å². The van der Waals surface area contributed by atoms with Crippen LogP contribution in [0.5, 0.6) is 5.75 Å². The van der Waals surface area contributed by atoms with Gasteiger partial charge in [0.25, 0.3) is 0 Å². The van der Waals surface area contributed by atoms with Crippen molar-refractivity contribution >= 4 is 5.91 Å². The fraction of sp³-hybridized carbons (Fsp3) is 0.533. The quantitative estimate of drug-likeness (QED) is 0.870. The van der Waals surface area contributed by atoms with Crippen molar-refractivity contribution in [2.24, 2.45) is 0 Å². The molecule has 2 rings (SSSR count). The van der Waals surface area contributed by atoms with Crippen LogP contribution in [0.2, 0.25) is 0 Å². The highest BCUT2D eigenvalue weighted by Crippen LogP contribution is 2.25. The highest BCUT2D eigenvalue weighted by molar-refractivity contribution is 5.78. The van der Waals surface area contributed by atoms with Crippen molar-refractivity contribution in [3.05, 3.63) is 29.8 Å². The fourth-order valence-electron chi connectivity index (χ4n) is 1.70. The van der Waals surface area contributed by atoms with Gasteiger partial charge in [-0.15, -0.1) is 0 Å². The highest BCUT2D eigenvalue weighted by Gasteiger charge is 2.21. The molecule has 0 radical (unpaired) electrons. The van der Waals surface area contributed by atoms with Gasteiger partial charge in [-0.05, 0) is 24.1 Å². The van der Waals surface area contributed by atoms with E-state index in [1.165, 1.54) is 0 Å². The minimum absolute atomic E-state index is 0.144. The summed E-state index contributed by atoms with van der Waals surface area (Å²) in [7, 11) is 1.65. The average molecular weight is 251 g/mol. The number of carbonyl (C=O) groups is 1. The third kappa shape index (κ3) is 4.78. The van der Waals surface area contributed by atoms with Gasteiger partial charge in [0.2, 0.25) is 5.91 Å². The smallest absolute Gasteiger partial charge is 0.220 e. The van der Waals surface area contributed by atoms with Crippen LogP contribution in [0.3, 0.4) is 0 Å². The zero-order chi connectivity index (χ0) is 14.0. The molecular weight excluding hydrogens is 226 g/mol. The number of carbonyl (C=O) groups excluding carboxylic acids is 1. The summed E-state index contributed by atoms with van der Waals surface area (Å²) < 4.78 is 5.07. The second kappa shape index (κ2) is 9.51. The third-order valence-electron chi connectivity index (χ3n) is 2.51. The lowest BCUT2D eigenvalue weighted by molar-refractivity contribution is -0.119. The van der Waals surface area contributed by atoms with E-state index in [1.54, 1.807) is 7.11 Å². The van der Waals surface area contributed by atoms with Crippen LogP contribution < -0.4 is 10.1 Å². The first-order valence-electron chi connectivity index (χ1n) is 6.73. The van der Waals surface area contributed by atoms with Crippen molar-refractivity contribution in [2.45, 2.75) is 46.6 Å². The van der Waals surface area contributed by atoms with Gasteiger partial charge in [0.05, 0.1) is 13.2 Å². The Labute approximate surface area is 111 Å². The first kappa shape index (κ1) is 16.5. The Bertz CT molecular complexity index is 333. The van der Waals surface area contributed by atoms with Gasteiger partial charge in [-0.3, -0.25) is 4.79 Å². The summed E-state index contributed by atoms with van der Waals surface area (Å²) in [5.74, 6) is 0.990. The van der Waals surface area contributed by atoms with Gasteiger partial charge in [-0.1, -0.05) is 39.8 Å². The van der Waals surface area contributed by atoms with E-state index in [1.807, 2.05) is 52.0 Å². The minimum Gasteiger partial charge on any atom is -0.497 e. The Hall–Kier alpha value is -1.51. The van der Waals surface area contributed by atoms with E-state index in [9.17, 15) is 4.79 Å². The standard InChI is InChI=1S/C11H13NO2.2C2H6/c1-14-9-4-2-8(3-5-9)10-6-7-11(13)12-10;2*1-2/h2-5,10H,6-7H2,1H3,(H,12,13);2*1-2H3. The van der Waals surface area contributed by atoms with E-state index in [2.05, 4.69) is 5.32 Å². The summed E-state index contributed by atoms with van der Waals surface area (Å²) in [5.41, 5.74) is 1.15. The highest BCUT2D eigenvalue weighted by atomic mass is 16.5. The predicted octanol–water partition coefficient (Wildman–Crippen LogP) is 3.70. The SMILES string of the molecule is CC.CC.COc1ccc(C2CCC(=O)N2)cc1. The van der Waals surface area contributed by atoms with Crippen LogP contribution in [0.25, 0.3) is 0 Å². The molecule has 0 aliphatic carbocycles. The largest absolute Gasteiger partial charge is 0.497 e. The molecule has 102 valence electrons. The third-order valence-corrected chi connectivity index (χ3v) is 2.51. The van der Waals surface area contributed by atoms with E-state index in [0.717, 1.165) is 17.7 Å². The molecule has 1 saturated heterocycles. The molecular formula is C15H25NO2.